The molecule has 2 aromatic heterocycles. The first kappa shape index (κ1) is 21.1. The van der Waals surface area contributed by atoms with Crippen molar-refractivity contribution in [1.82, 2.24) is 14.7 Å². The van der Waals surface area contributed by atoms with Crippen molar-refractivity contribution >= 4 is 17.5 Å². The minimum absolute atomic E-state index is 0.0903. The third kappa shape index (κ3) is 4.46. The first-order valence-corrected chi connectivity index (χ1v) is 10.4. The van der Waals surface area contributed by atoms with Crippen molar-refractivity contribution in [1.29, 1.82) is 0 Å². The van der Waals surface area contributed by atoms with Gasteiger partial charge in [0, 0.05) is 18.8 Å². The molecule has 0 saturated heterocycles. The second kappa shape index (κ2) is 9.34. The molecule has 32 heavy (non-hydrogen) atoms. The number of furan rings is 1. The summed E-state index contributed by atoms with van der Waals surface area (Å²) in [5.41, 5.74) is 3.42. The van der Waals surface area contributed by atoms with Crippen LogP contribution in [0.3, 0.4) is 0 Å². The first-order valence-electron chi connectivity index (χ1n) is 10.4. The van der Waals surface area contributed by atoms with Crippen molar-refractivity contribution in [2.24, 2.45) is 0 Å². The number of hydrogen-bond acceptors (Lipinski definition) is 4. The highest BCUT2D eigenvalue weighted by atomic mass is 16.3. The van der Waals surface area contributed by atoms with Crippen LogP contribution in [0.2, 0.25) is 0 Å². The molecule has 7 heteroatoms. The third-order valence-corrected chi connectivity index (χ3v) is 5.10. The zero-order valence-corrected chi connectivity index (χ0v) is 18.0. The van der Waals surface area contributed by atoms with Crippen LogP contribution in [0.4, 0.5) is 5.69 Å². The maximum absolute atomic E-state index is 13.3. The van der Waals surface area contributed by atoms with Gasteiger partial charge in [-0.2, -0.15) is 5.10 Å². The Hall–Kier alpha value is -4.13. The van der Waals surface area contributed by atoms with Gasteiger partial charge in [-0.1, -0.05) is 43.3 Å². The van der Waals surface area contributed by atoms with Crippen LogP contribution in [0.5, 0.6) is 0 Å². The highest BCUT2D eigenvalue weighted by molar-refractivity contribution is 5.99. The fourth-order valence-corrected chi connectivity index (χ4v) is 3.47. The molecule has 1 N–H and O–H groups in total. The Balaban J connectivity index is 1.57. The molecular formula is C25H24N4O3. The lowest BCUT2D eigenvalue weighted by atomic mass is 10.1. The maximum Gasteiger partial charge on any atom is 0.272 e. The summed E-state index contributed by atoms with van der Waals surface area (Å²) in [5, 5.41) is 7.47. The van der Waals surface area contributed by atoms with Crippen molar-refractivity contribution < 1.29 is 14.0 Å². The normalized spacial score (nSPS) is 10.7. The van der Waals surface area contributed by atoms with Gasteiger partial charge in [0.15, 0.2) is 5.76 Å². The topological polar surface area (TPSA) is 80.4 Å². The van der Waals surface area contributed by atoms with E-state index in [1.165, 1.54) is 4.90 Å². The number of anilines is 1. The number of benzene rings is 2. The smallest absolute Gasteiger partial charge is 0.272 e. The van der Waals surface area contributed by atoms with Crippen LogP contribution in [-0.2, 0) is 11.2 Å². The van der Waals surface area contributed by atoms with Gasteiger partial charge in [0.1, 0.15) is 11.4 Å². The van der Waals surface area contributed by atoms with E-state index in [1.54, 1.807) is 36.2 Å². The molecular weight excluding hydrogens is 404 g/mol. The Morgan fingerprint density at radius 1 is 1.03 bits per heavy atom. The second-order valence-electron chi connectivity index (χ2n) is 7.36. The van der Waals surface area contributed by atoms with Gasteiger partial charge in [0.05, 0.1) is 18.5 Å². The molecule has 4 aromatic rings. The molecule has 0 aliphatic heterocycles. The highest BCUT2D eigenvalue weighted by Gasteiger charge is 2.23. The summed E-state index contributed by atoms with van der Waals surface area (Å²) < 4.78 is 7.02. The van der Waals surface area contributed by atoms with Gasteiger partial charge in [-0.3, -0.25) is 9.59 Å². The van der Waals surface area contributed by atoms with Gasteiger partial charge in [-0.05, 0) is 42.3 Å². The average Bonchev–Trinajstić information content (AvgIpc) is 3.49. The SMILES string of the molecule is CCc1ccccc1NC(=O)CN(C)C(=O)c1cc(-c2ccco2)nn1-c1ccccc1. The Kier molecular flexibility index (Phi) is 6.17. The van der Waals surface area contributed by atoms with E-state index in [1.807, 2.05) is 61.5 Å². The number of rotatable bonds is 7. The zero-order valence-electron chi connectivity index (χ0n) is 18.0. The molecule has 0 saturated carbocycles. The van der Waals surface area contributed by atoms with Gasteiger partial charge < -0.3 is 14.6 Å². The van der Waals surface area contributed by atoms with Crippen LogP contribution in [0.1, 0.15) is 23.0 Å². The lowest BCUT2D eigenvalue weighted by Crippen LogP contribution is -2.36. The summed E-state index contributed by atoms with van der Waals surface area (Å²) in [5.74, 6) is -0.0258. The predicted octanol–water partition coefficient (Wildman–Crippen LogP) is 4.41. The van der Waals surface area contributed by atoms with E-state index in [0.29, 0.717) is 17.1 Å². The summed E-state index contributed by atoms with van der Waals surface area (Å²) in [7, 11) is 1.60. The molecule has 0 bridgehead atoms. The molecule has 0 atom stereocenters. The summed E-state index contributed by atoms with van der Waals surface area (Å²) in [6.07, 6.45) is 2.36. The summed E-state index contributed by atoms with van der Waals surface area (Å²) in [6.45, 7) is 1.94. The molecule has 162 valence electrons. The average molecular weight is 428 g/mol. The highest BCUT2D eigenvalue weighted by Crippen LogP contribution is 2.23. The van der Waals surface area contributed by atoms with Gasteiger partial charge >= 0.3 is 0 Å². The van der Waals surface area contributed by atoms with Crippen molar-refractivity contribution in [2.45, 2.75) is 13.3 Å². The Morgan fingerprint density at radius 2 is 1.78 bits per heavy atom. The molecule has 2 amide bonds. The standard InChI is InChI=1S/C25H24N4O3/c1-3-18-10-7-8-13-20(18)26-24(30)17-28(2)25(31)22-16-21(23-14-9-15-32-23)27-29(22)19-11-5-4-6-12-19/h4-16H,3,17H2,1-2H3,(H,26,30). The van der Waals surface area contributed by atoms with Gasteiger partial charge in [-0.15, -0.1) is 0 Å². The van der Waals surface area contributed by atoms with E-state index in [2.05, 4.69) is 10.4 Å². The monoisotopic (exact) mass is 428 g/mol. The van der Waals surface area contributed by atoms with Gasteiger partial charge in [0.2, 0.25) is 5.91 Å². The molecule has 4 rings (SSSR count). The largest absolute Gasteiger partial charge is 0.463 e. The van der Waals surface area contributed by atoms with E-state index < -0.39 is 0 Å². The van der Waals surface area contributed by atoms with E-state index in [9.17, 15) is 9.59 Å². The molecule has 0 spiro atoms. The number of likely N-dealkylation sites (N-methyl/N-ethyl adjacent to an activating group) is 1. The molecule has 2 aromatic carbocycles. The van der Waals surface area contributed by atoms with Crippen molar-refractivity contribution in [3.05, 3.63) is 90.3 Å². The summed E-state index contributed by atoms with van der Waals surface area (Å²) in [6, 6.07) is 22.2. The van der Waals surface area contributed by atoms with Crippen LogP contribution < -0.4 is 5.32 Å². The molecule has 0 aliphatic carbocycles. The van der Waals surface area contributed by atoms with Crippen LogP contribution in [0, 0.1) is 0 Å². The Bertz CT molecular complexity index is 1210. The maximum atomic E-state index is 13.3. The number of aromatic nitrogens is 2. The Labute approximate surface area is 186 Å². The van der Waals surface area contributed by atoms with Crippen LogP contribution in [0.25, 0.3) is 17.1 Å². The van der Waals surface area contributed by atoms with Crippen molar-refractivity contribution in [3.63, 3.8) is 0 Å². The molecule has 2 heterocycles. The number of aryl methyl sites for hydroxylation is 1. The van der Waals surface area contributed by atoms with Crippen LogP contribution >= 0.6 is 0 Å². The van der Waals surface area contributed by atoms with E-state index in [4.69, 9.17) is 4.42 Å². The van der Waals surface area contributed by atoms with Crippen LogP contribution in [0.15, 0.2) is 83.5 Å². The third-order valence-electron chi connectivity index (χ3n) is 5.10. The number of carbonyl (C=O) groups excluding carboxylic acids is 2. The molecule has 0 radical (unpaired) electrons. The number of carbonyl (C=O) groups is 2. The van der Waals surface area contributed by atoms with Crippen molar-refractivity contribution in [2.75, 3.05) is 18.9 Å². The lowest BCUT2D eigenvalue weighted by Gasteiger charge is -2.18. The Morgan fingerprint density at radius 3 is 2.50 bits per heavy atom. The minimum Gasteiger partial charge on any atom is -0.463 e. The van der Waals surface area contributed by atoms with Crippen molar-refractivity contribution in [3.8, 4) is 17.1 Å². The predicted molar refractivity (Wildman–Crippen MR) is 123 cm³/mol. The van der Waals surface area contributed by atoms with Gasteiger partial charge in [0.25, 0.3) is 5.91 Å². The number of nitrogens with zero attached hydrogens (tertiary/aromatic N) is 3. The molecule has 7 nitrogen and oxygen atoms in total. The number of para-hydroxylation sites is 2. The van der Waals surface area contributed by atoms with E-state index in [0.717, 1.165) is 23.4 Å². The summed E-state index contributed by atoms with van der Waals surface area (Å²) >= 11 is 0. The number of amides is 2. The van der Waals surface area contributed by atoms with E-state index >= 15 is 0 Å². The fourth-order valence-electron chi connectivity index (χ4n) is 3.47. The fraction of sp³-hybridized carbons (Fsp3) is 0.160. The molecule has 0 fully saturated rings. The summed E-state index contributed by atoms with van der Waals surface area (Å²) in [4.78, 5) is 27.3. The zero-order chi connectivity index (χ0) is 22.5. The minimum atomic E-state index is -0.321. The first-order chi connectivity index (χ1) is 15.6. The quantitative estimate of drug-likeness (QED) is 0.473. The van der Waals surface area contributed by atoms with Crippen LogP contribution in [-0.4, -0.2) is 40.1 Å². The second-order valence-corrected chi connectivity index (χ2v) is 7.36. The van der Waals surface area contributed by atoms with Gasteiger partial charge in [-0.25, -0.2) is 4.68 Å². The molecule has 0 unspecified atom stereocenters. The number of nitrogens with one attached hydrogen (secondary N) is 1. The lowest BCUT2D eigenvalue weighted by molar-refractivity contribution is -0.116. The van der Waals surface area contributed by atoms with E-state index in [-0.39, 0.29) is 18.4 Å². The number of hydrogen-bond donors (Lipinski definition) is 1. The molecule has 0 aliphatic rings.